The summed E-state index contributed by atoms with van der Waals surface area (Å²) < 4.78 is 4.93. The fourth-order valence-electron chi connectivity index (χ4n) is 1.09. The number of imidazole rings is 1. The summed E-state index contributed by atoms with van der Waals surface area (Å²) in [6.07, 6.45) is 3.50. The molecule has 0 bridgehead atoms. The van der Waals surface area contributed by atoms with E-state index >= 15 is 0 Å². The Hall–Kier alpha value is -1.69. The summed E-state index contributed by atoms with van der Waals surface area (Å²) in [5, 5.41) is 6.81. The highest BCUT2D eigenvalue weighted by molar-refractivity contribution is 4.87. The van der Waals surface area contributed by atoms with Crippen molar-refractivity contribution in [1.82, 2.24) is 25.4 Å². The third-order valence-electron chi connectivity index (χ3n) is 1.69. The molecule has 0 aliphatic heterocycles. The summed E-state index contributed by atoms with van der Waals surface area (Å²) in [6, 6.07) is 0. The molecule has 0 unspecified atom stereocenters. The van der Waals surface area contributed by atoms with Crippen LogP contribution < -0.4 is 5.32 Å². The number of rotatable bonds is 4. The third-order valence-corrected chi connectivity index (χ3v) is 1.69. The second-order valence-corrected chi connectivity index (χ2v) is 2.87. The molecule has 2 aromatic rings. The average molecular weight is 193 g/mol. The molecule has 6 nitrogen and oxygen atoms in total. The van der Waals surface area contributed by atoms with Gasteiger partial charge in [-0.25, -0.2) is 4.98 Å². The maximum atomic E-state index is 4.93. The van der Waals surface area contributed by atoms with Crippen LogP contribution in [0.2, 0.25) is 0 Å². The van der Waals surface area contributed by atoms with Gasteiger partial charge in [-0.05, 0) is 6.92 Å². The molecule has 0 saturated carbocycles. The van der Waals surface area contributed by atoms with Gasteiger partial charge in [0.1, 0.15) is 5.82 Å². The smallest absolute Gasteiger partial charge is 0.240 e. The summed E-state index contributed by atoms with van der Waals surface area (Å²) in [4.78, 5) is 11.1. The van der Waals surface area contributed by atoms with Crippen LogP contribution in [-0.2, 0) is 13.1 Å². The molecule has 2 N–H and O–H groups in total. The van der Waals surface area contributed by atoms with Gasteiger partial charge in [0.15, 0.2) is 5.82 Å². The summed E-state index contributed by atoms with van der Waals surface area (Å²) in [5.74, 6) is 2.13. The Morgan fingerprint density at radius 1 is 1.50 bits per heavy atom. The minimum atomic E-state index is 0.557. The third kappa shape index (κ3) is 2.17. The van der Waals surface area contributed by atoms with E-state index in [4.69, 9.17) is 4.52 Å². The van der Waals surface area contributed by atoms with Crippen molar-refractivity contribution >= 4 is 0 Å². The predicted molar refractivity (Wildman–Crippen MR) is 48.2 cm³/mol. The highest BCUT2D eigenvalue weighted by Crippen LogP contribution is 1.95. The van der Waals surface area contributed by atoms with Crippen molar-refractivity contribution in [3.05, 3.63) is 29.9 Å². The van der Waals surface area contributed by atoms with Gasteiger partial charge in [0.2, 0.25) is 5.89 Å². The van der Waals surface area contributed by atoms with Crippen molar-refractivity contribution in [3.63, 3.8) is 0 Å². The summed E-state index contributed by atoms with van der Waals surface area (Å²) in [6.45, 7) is 3.01. The first kappa shape index (κ1) is 8.89. The standard InChI is InChI=1S/C8H11N5O/c1-6-12-8(14-13-6)5-9-4-7-10-2-3-11-7/h2-3,9H,4-5H2,1H3,(H,10,11). The zero-order chi connectivity index (χ0) is 9.80. The first-order valence-corrected chi connectivity index (χ1v) is 4.33. The van der Waals surface area contributed by atoms with Crippen molar-refractivity contribution in [1.29, 1.82) is 0 Å². The predicted octanol–water partition coefficient (Wildman–Crippen LogP) is 0.391. The second kappa shape index (κ2) is 4.01. The van der Waals surface area contributed by atoms with Gasteiger partial charge in [0.05, 0.1) is 13.1 Å². The largest absolute Gasteiger partial charge is 0.348 e. The lowest BCUT2D eigenvalue weighted by molar-refractivity contribution is 0.363. The highest BCUT2D eigenvalue weighted by Gasteiger charge is 2.01. The normalized spacial score (nSPS) is 10.6. The van der Waals surface area contributed by atoms with E-state index in [1.54, 1.807) is 19.3 Å². The Bertz CT molecular complexity index is 380. The van der Waals surface area contributed by atoms with E-state index in [2.05, 4.69) is 25.4 Å². The number of nitrogens with one attached hydrogen (secondary N) is 2. The molecule has 0 spiro atoms. The fourth-order valence-corrected chi connectivity index (χ4v) is 1.09. The van der Waals surface area contributed by atoms with Crippen molar-refractivity contribution < 1.29 is 4.52 Å². The van der Waals surface area contributed by atoms with Gasteiger partial charge in [-0.15, -0.1) is 0 Å². The van der Waals surface area contributed by atoms with Gasteiger partial charge < -0.3 is 14.8 Å². The monoisotopic (exact) mass is 193 g/mol. The molecule has 0 saturated heterocycles. The zero-order valence-corrected chi connectivity index (χ0v) is 7.82. The molecule has 14 heavy (non-hydrogen) atoms. The van der Waals surface area contributed by atoms with Crippen LogP contribution in [-0.4, -0.2) is 20.1 Å². The van der Waals surface area contributed by atoms with E-state index in [9.17, 15) is 0 Å². The Morgan fingerprint density at radius 3 is 3.07 bits per heavy atom. The minimum Gasteiger partial charge on any atom is -0.348 e. The Morgan fingerprint density at radius 2 is 2.43 bits per heavy atom. The zero-order valence-electron chi connectivity index (χ0n) is 7.82. The minimum absolute atomic E-state index is 0.557. The molecule has 2 heterocycles. The molecule has 0 fully saturated rings. The van der Waals surface area contributed by atoms with E-state index in [1.165, 1.54) is 0 Å². The summed E-state index contributed by atoms with van der Waals surface area (Å²) >= 11 is 0. The van der Waals surface area contributed by atoms with Crippen LogP contribution in [0, 0.1) is 6.92 Å². The van der Waals surface area contributed by atoms with Crippen LogP contribution in [0.15, 0.2) is 16.9 Å². The Balaban J connectivity index is 1.78. The van der Waals surface area contributed by atoms with Crippen LogP contribution in [0.4, 0.5) is 0 Å². The highest BCUT2D eigenvalue weighted by atomic mass is 16.5. The molecule has 0 radical (unpaired) electrons. The van der Waals surface area contributed by atoms with E-state index < -0.39 is 0 Å². The van der Waals surface area contributed by atoms with Gasteiger partial charge in [-0.1, -0.05) is 5.16 Å². The maximum absolute atomic E-state index is 4.93. The molecular formula is C8H11N5O. The summed E-state index contributed by atoms with van der Waals surface area (Å²) in [5.41, 5.74) is 0. The number of aromatic nitrogens is 4. The van der Waals surface area contributed by atoms with Gasteiger partial charge in [-0.3, -0.25) is 0 Å². The molecule has 2 rings (SSSR count). The molecule has 0 amide bonds. The summed E-state index contributed by atoms with van der Waals surface area (Å²) in [7, 11) is 0. The van der Waals surface area contributed by atoms with Crippen LogP contribution >= 0.6 is 0 Å². The SMILES string of the molecule is Cc1noc(CNCc2ncc[nH]2)n1. The lowest BCUT2D eigenvalue weighted by Gasteiger charge is -1.96. The number of aromatic amines is 1. The molecule has 0 atom stereocenters. The molecular weight excluding hydrogens is 182 g/mol. The van der Waals surface area contributed by atoms with Crippen LogP contribution in [0.25, 0.3) is 0 Å². The van der Waals surface area contributed by atoms with Crippen molar-refractivity contribution in [2.75, 3.05) is 0 Å². The van der Waals surface area contributed by atoms with Crippen molar-refractivity contribution in [2.45, 2.75) is 20.0 Å². The number of hydrogen-bond acceptors (Lipinski definition) is 5. The first-order valence-electron chi connectivity index (χ1n) is 4.33. The van der Waals surface area contributed by atoms with Crippen LogP contribution in [0.1, 0.15) is 17.5 Å². The van der Waals surface area contributed by atoms with Crippen molar-refractivity contribution in [3.8, 4) is 0 Å². The number of nitrogens with zero attached hydrogens (tertiary/aromatic N) is 3. The quantitative estimate of drug-likeness (QED) is 0.734. The van der Waals surface area contributed by atoms with Gasteiger partial charge >= 0.3 is 0 Å². The molecule has 0 aliphatic carbocycles. The number of H-pyrrole nitrogens is 1. The van der Waals surface area contributed by atoms with E-state index in [0.717, 1.165) is 5.82 Å². The van der Waals surface area contributed by atoms with Crippen LogP contribution in [0.5, 0.6) is 0 Å². The Kier molecular flexibility index (Phi) is 2.55. The molecule has 74 valence electrons. The van der Waals surface area contributed by atoms with E-state index in [0.29, 0.717) is 24.8 Å². The number of hydrogen-bond donors (Lipinski definition) is 2. The average Bonchev–Trinajstić information content (AvgIpc) is 2.77. The molecule has 0 aliphatic rings. The number of aryl methyl sites for hydroxylation is 1. The van der Waals surface area contributed by atoms with Gasteiger partial charge in [-0.2, -0.15) is 4.98 Å². The van der Waals surface area contributed by atoms with E-state index in [1.807, 2.05) is 0 Å². The van der Waals surface area contributed by atoms with E-state index in [-0.39, 0.29) is 0 Å². The molecule has 6 heteroatoms. The Labute approximate surface area is 80.7 Å². The lowest BCUT2D eigenvalue weighted by atomic mass is 10.5. The fraction of sp³-hybridized carbons (Fsp3) is 0.375. The van der Waals surface area contributed by atoms with Gasteiger partial charge in [0, 0.05) is 12.4 Å². The molecule has 0 aromatic carbocycles. The topological polar surface area (TPSA) is 79.6 Å². The molecule has 2 aromatic heterocycles. The van der Waals surface area contributed by atoms with Crippen molar-refractivity contribution in [2.24, 2.45) is 0 Å². The maximum Gasteiger partial charge on any atom is 0.240 e. The second-order valence-electron chi connectivity index (χ2n) is 2.87. The first-order chi connectivity index (χ1) is 6.84. The lowest BCUT2D eigenvalue weighted by Crippen LogP contribution is -2.13. The van der Waals surface area contributed by atoms with Crippen LogP contribution in [0.3, 0.4) is 0 Å². The van der Waals surface area contributed by atoms with Gasteiger partial charge in [0.25, 0.3) is 0 Å².